The molecule has 0 saturated heterocycles. The predicted octanol–water partition coefficient (Wildman–Crippen LogP) is 2.74. The first-order valence-electron chi connectivity index (χ1n) is 4.43. The van der Waals surface area contributed by atoms with Crippen LogP contribution in [-0.4, -0.2) is 6.04 Å². The standard InChI is InChI=1S/C12H15N/c1-5-11(4)13-12-7-6-9(2)8-10(12)3/h1,6-8,11,13H,2-4H3. The lowest BCUT2D eigenvalue weighted by Crippen LogP contribution is -2.12. The van der Waals surface area contributed by atoms with E-state index in [-0.39, 0.29) is 6.04 Å². The molecule has 0 amide bonds. The van der Waals surface area contributed by atoms with Gasteiger partial charge in [-0.05, 0) is 32.4 Å². The minimum atomic E-state index is 0.0846. The van der Waals surface area contributed by atoms with E-state index in [0.717, 1.165) is 5.69 Å². The Morgan fingerprint density at radius 3 is 2.62 bits per heavy atom. The maximum Gasteiger partial charge on any atom is 0.0845 e. The zero-order chi connectivity index (χ0) is 9.84. The summed E-state index contributed by atoms with van der Waals surface area (Å²) in [6, 6.07) is 6.38. The summed E-state index contributed by atoms with van der Waals surface area (Å²) in [5, 5.41) is 3.25. The van der Waals surface area contributed by atoms with Crippen molar-refractivity contribution in [3.05, 3.63) is 29.3 Å². The third-order valence-corrected chi connectivity index (χ3v) is 2.00. The van der Waals surface area contributed by atoms with Gasteiger partial charge in [0.15, 0.2) is 0 Å². The van der Waals surface area contributed by atoms with Gasteiger partial charge in [-0.3, -0.25) is 0 Å². The van der Waals surface area contributed by atoms with Crippen molar-refractivity contribution in [2.75, 3.05) is 5.32 Å². The summed E-state index contributed by atoms with van der Waals surface area (Å²) in [6.45, 7) is 6.14. The molecule has 1 heteroatoms. The quantitative estimate of drug-likeness (QED) is 0.678. The molecule has 1 unspecified atom stereocenters. The van der Waals surface area contributed by atoms with Crippen molar-refractivity contribution in [1.82, 2.24) is 0 Å². The smallest absolute Gasteiger partial charge is 0.0845 e. The van der Waals surface area contributed by atoms with Crippen LogP contribution in [0.15, 0.2) is 18.2 Å². The molecule has 1 aromatic carbocycles. The van der Waals surface area contributed by atoms with Crippen LogP contribution < -0.4 is 5.32 Å². The molecule has 0 saturated carbocycles. The van der Waals surface area contributed by atoms with Gasteiger partial charge in [0.25, 0.3) is 0 Å². The highest BCUT2D eigenvalue weighted by molar-refractivity contribution is 5.53. The third-order valence-electron chi connectivity index (χ3n) is 2.00. The number of aryl methyl sites for hydroxylation is 2. The Balaban J connectivity index is 2.85. The van der Waals surface area contributed by atoms with E-state index in [9.17, 15) is 0 Å². The topological polar surface area (TPSA) is 12.0 Å². The molecule has 0 aliphatic heterocycles. The minimum absolute atomic E-state index is 0.0846. The Hall–Kier alpha value is -1.42. The van der Waals surface area contributed by atoms with Crippen LogP contribution in [0.5, 0.6) is 0 Å². The summed E-state index contributed by atoms with van der Waals surface area (Å²) in [7, 11) is 0. The van der Waals surface area contributed by atoms with E-state index in [1.54, 1.807) is 0 Å². The Kier molecular flexibility index (Phi) is 2.97. The van der Waals surface area contributed by atoms with Crippen molar-refractivity contribution in [3.63, 3.8) is 0 Å². The van der Waals surface area contributed by atoms with Gasteiger partial charge in [-0.2, -0.15) is 0 Å². The average Bonchev–Trinajstić information content (AvgIpc) is 2.09. The first-order valence-corrected chi connectivity index (χ1v) is 4.43. The van der Waals surface area contributed by atoms with Gasteiger partial charge in [0.1, 0.15) is 0 Å². The van der Waals surface area contributed by atoms with Gasteiger partial charge in [-0.25, -0.2) is 0 Å². The van der Waals surface area contributed by atoms with Crippen LogP contribution in [0.3, 0.4) is 0 Å². The second-order valence-electron chi connectivity index (χ2n) is 3.35. The first kappa shape index (κ1) is 9.67. The maximum absolute atomic E-state index is 5.29. The number of hydrogen-bond acceptors (Lipinski definition) is 1. The Labute approximate surface area is 80.2 Å². The Morgan fingerprint density at radius 1 is 1.38 bits per heavy atom. The highest BCUT2D eigenvalue weighted by atomic mass is 14.9. The molecule has 0 aliphatic carbocycles. The number of hydrogen-bond donors (Lipinski definition) is 1. The Morgan fingerprint density at radius 2 is 2.08 bits per heavy atom. The largest absolute Gasteiger partial charge is 0.372 e. The van der Waals surface area contributed by atoms with Gasteiger partial charge in [-0.15, -0.1) is 6.42 Å². The van der Waals surface area contributed by atoms with Crippen molar-refractivity contribution in [2.24, 2.45) is 0 Å². The lowest BCUT2D eigenvalue weighted by molar-refractivity contribution is 1.03. The fourth-order valence-corrected chi connectivity index (χ4v) is 1.25. The number of nitrogens with one attached hydrogen (secondary N) is 1. The van der Waals surface area contributed by atoms with Gasteiger partial charge in [0.05, 0.1) is 6.04 Å². The molecule has 0 radical (unpaired) electrons. The molecule has 1 N–H and O–H groups in total. The molecule has 1 aromatic rings. The third kappa shape index (κ3) is 2.52. The fraction of sp³-hybridized carbons (Fsp3) is 0.333. The highest BCUT2D eigenvalue weighted by Crippen LogP contribution is 2.16. The van der Waals surface area contributed by atoms with Gasteiger partial charge >= 0.3 is 0 Å². The van der Waals surface area contributed by atoms with E-state index in [1.807, 2.05) is 6.92 Å². The lowest BCUT2D eigenvalue weighted by Gasteiger charge is -2.12. The van der Waals surface area contributed by atoms with Gasteiger partial charge < -0.3 is 5.32 Å². The molecule has 68 valence electrons. The fourth-order valence-electron chi connectivity index (χ4n) is 1.25. The van der Waals surface area contributed by atoms with Crippen molar-refractivity contribution in [2.45, 2.75) is 26.8 Å². The van der Waals surface area contributed by atoms with E-state index in [0.29, 0.717) is 0 Å². The molecule has 1 rings (SSSR count). The van der Waals surface area contributed by atoms with Crippen molar-refractivity contribution in [1.29, 1.82) is 0 Å². The van der Waals surface area contributed by atoms with Crippen molar-refractivity contribution >= 4 is 5.69 Å². The minimum Gasteiger partial charge on any atom is -0.372 e. The molecular weight excluding hydrogens is 158 g/mol. The molecule has 1 nitrogen and oxygen atoms in total. The van der Waals surface area contributed by atoms with Crippen LogP contribution in [0.1, 0.15) is 18.1 Å². The summed E-state index contributed by atoms with van der Waals surface area (Å²) in [5.41, 5.74) is 3.63. The van der Waals surface area contributed by atoms with Gasteiger partial charge in [0.2, 0.25) is 0 Å². The molecule has 0 heterocycles. The zero-order valence-corrected chi connectivity index (χ0v) is 8.39. The van der Waals surface area contributed by atoms with E-state index >= 15 is 0 Å². The summed E-state index contributed by atoms with van der Waals surface area (Å²) >= 11 is 0. The first-order chi connectivity index (χ1) is 6.13. The number of rotatable bonds is 2. The maximum atomic E-state index is 5.29. The molecule has 0 spiro atoms. The van der Waals surface area contributed by atoms with E-state index in [1.165, 1.54) is 11.1 Å². The Bertz CT molecular complexity index is 333. The van der Waals surface area contributed by atoms with Crippen LogP contribution >= 0.6 is 0 Å². The van der Waals surface area contributed by atoms with E-state index < -0.39 is 0 Å². The average molecular weight is 173 g/mol. The monoisotopic (exact) mass is 173 g/mol. The molecule has 1 atom stereocenters. The van der Waals surface area contributed by atoms with Crippen LogP contribution in [0.2, 0.25) is 0 Å². The second kappa shape index (κ2) is 4.00. The number of terminal acetylenes is 1. The predicted molar refractivity (Wildman–Crippen MR) is 57.8 cm³/mol. The molecule has 0 aromatic heterocycles. The van der Waals surface area contributed by atoms with Crippen molar-refractivity contribution < 1.29 is 0 Å². The second-order valence-corrected chi connectivity index (χ2v) is 3.35. The summed E-state index contributed by atoms with van der Waals surface area (Å²) in [5.74, 6) is 2.64. The normalized spacial score (nSPS) is 11.8. The zero-order valence-electron chi connectivity index (χ0n) is 8.39. The molecule has 0 fully saturated rings. The lowest BCUT2D eigenvalue weighted by atomic mass is 10.1. The highest BCUT2D eigenvalue weighted by Gasteiger charge is 2.00. The number of benzene rings is 1. The molecule has 0 aliphatic rings. The van der Waals surface area contributed by atoms with Gasteiger partial charge in [0, 0.05) is 5.69 Å². The number of anilines is 1. The van der Waals surface area contributed by atoms with Gasteiger partial charge in [-0.1, -0.05) is 23.6 Å². The molecule has 13 heavy (non-hydrogen) atoms. The summed E-state index contributed by atoms with van der Waals surface area (Å²) < 4.78 is 0. The van der Waals surface area contributed by atoms with E-state index in [2.05, 4.69) is 43.3 Å². The van der Waals surface area contributed by atoms with Crippen LogP contribution in [0.4, 0.5) is 5.69 Å². The van der Waals surface area contributed by atoms with Crippen molar-refractivity contribution in [3.8, 4) is 12.3 Å². The van der Waals surface area contributed by atoms with Crippen LogP contribution in [0, 0.1) is 26.2 Å². The molecule has 0 bridgehead atoms. The van der Waals surface area contributed by atoms with Crippen LogP contribution in [-0.2, 0) is 0 Å². The summed E-state index contributed by atoms with van der Waals surface area (Å²) in [4.78, 5) is 0. The van der Waals surface area contributed by atoms with E-state index in [4.69, 9.17) is 6.42 Å². The SMILES string of the molecule is C#CC(C)Nc1ccc(C)cc1C. The van der Waals surface area contributed by atoms with Crippen LogP contribution in [0.25, 0.3) is 0 Å². The summed E-state index contributed by atoms with van der Waals surface area (Å²) in [6.07, 6.45) is 5.29. The molecular formula is C12H15N.